The SMILES string of the molecule is COC(=O)C1CC(n2c([C@H](C)NC(=O)OC(C)(C)C)nc3cccc(Cl)c3c2=O)C1. The second-order valence-corrected chi connectivity index (χ2v) is 8.90. The number of nitrogens with zero attached hydrogens (tertiary/aromatic N) is 2. The van der Waals surface area contributed by atoms with E-state index in [9.17, 15) is 14.4 Å². The Balaban J connectivity index is 2.01. The van der Waals surface area contributed by atoms with Gasteiger partial charge in [-0.2, -0.15) is 0 Å². The maximum atomic E-state index is 13.3. The predicted molar refractivity (Wildman–Crippen MR) is 113 cm³/mol. The molecule has 0 spiro atoms. The minimum absolute atomic E-state index is 0.243. The summed E-state index contributed by atoms with van der Waals surface area (Å²) in [5.74, 6) is -0.183. The lowest BCUT2D eigenvalue weighted by atomic mass is 9.80. The van der Waals surface area contributed by atoms with Gasteiger partial charge in [-0.3, -0.25) is 14.2 Å². The topological polar surface area (TPSA) is 99.5 Å². The van der Waals surface area contributed by atoms with Crippen LogP contribution in [0.2, 0.25) is 5.02 Å². The van der Waals surface area contributed by atoms with E-state index in [-0.39, 0.29) is 23.5 Å². The fraction of sp³-hybridized carbons (Fsp3) is 0.524. The molecule has 0 bridgehead atoms. The zero-order valence-corrected chi connectivity index (χ0v) is 18.4. The van der Waals surface area contributed by atoms with E-state index in [0.717, 1.165) is 0 Å². The maximum absolute atomic E-state index is 13.3. The Morgan fingerprint density at radius 2 is 1.97 bits per heavy atom. The lowest BCUT2D eigenvalue weighted by molar-refractivity contribution is -0.149. The molecule has 1 aliphatic rings. The molecule has 1 amide bonds. The molecule has 0 saturated heterocycles. The van der Waals surface area contributed by atoms with Crippen molar-refractivity contribution in [2.24, 2.45) is 5.92 Å². The van der Waals surface area contributed by atoms with Crippen molar-refractivity contribution in [2.45, 2.75) is 58.2 Å². The van der Waals surface area contributed by atoms with Gasteiger partial charge in [-0.25, -0.2) is 9.78 Å². The number of amides is 1. The van der Waals surface area contributed by atoms with E-state index < -0.39 is 17.7 Å². The normalized spacial score (nSPS) is 19.7. The first-order valence-corrected chi connectivity index (χ1v) is 10.2. The van der Waals surface area contributed by atoms with E-state index in [2.05, 4.69) is 10.3 Å². The first kappa shape index (κ1) is 22.1. The van der Waals surface area contributed by atoms with Crippen LogP contribution in [0.15, 0.2) is 23.0 Å². The zero-order chi connectivity index (χ0) is 22.2. The van der Waals surface area contributed by atoms with Crippen LogP contribution in [0, 0.1) is 5.92 Å². The van der Waals surface area contributed by atoms with E-state index >= 15 is 0 Å². The number of ether oxygens (including phenoxy) is 2. The molecule has 3 rings (SSSR count). The van der Waals surface area contributed by atoms with Crippen molar-refractivity contribution in [1.29, 1.82) is 0 Å². The number of nitrogens with one attached hydrogen (secondary N) is 1. The number of rotatable bonds is 4. The fourth-order valence-electron chi connectivity index (χ4n) is 3.58. The Kier molecular flexibility index (Phi) is 6.08. The Hall–Kier alpha value is -2.61. The summed E-state index contributed by atoms with van der Waals surface area (Å²) >= 11 is 6.27. The standard InChI is InChI=1S/C21H26ClN3O5/c1-11(23-20(28)30-21(2,3)4)17-24-15-8-6-7-14(22)16(15)18(26)25(17)13-9-12(10-13)19(27)29-5/h6-8,11-13H,9-10H2,1-5H3,(H,23,28)/t11-,12?,13?/m0/s1. The minimum Gasteiger partial charge on any atom is -0.469 e. The summed E-state index contributed by atoms with van der Waals surface area (Å²) in [7, 11) is 1.34. The van der Waals surface area contributed by atoms with Crippen molar-refractivity contribution < 1.29 is 19.1 Å². The number of aromatic nitrogens is 2. The van der Waals surface area contributed by atoms with Gasteiger partial charge >= 0.3 is 12.1 Å². The average molecular weight is 436 g/mol. The molecule has 1 aromatic carbocycles. The lowest BCUT2D eigenvalue weighted by Gasteiger charge is -2.36. The highest BCUT2D eigenvalue weighted by molar-refractivity contribution is 6.35. The Labute approximate surface area is 179 Å². The van der Waals surface area contributed by atoms with Crippen LogP contribution in [-0.2, 0) is 14.3 Å². The third-order valence-electron chi connectivity index (χ3n) is 5.04. The van der Waals surface area contributed by atoms with Crippen LogP contribution in [0.5, 0.6) is 0 Å². The molecule has 30 heavy (non-hydrogen) atoms. The van der Waals surface area contributed by atoms with Crippen LogP contribution >= 0.6 is 11.6 Å². The highest BCUT2D eigenvalue weighted by atomic mass is 35.5. The molecule has 1 N–H and O–H groups in total. The summed E-state index contributed by atoms with van der Waals surface area (Å²) in [6.07, 6.45) is 0.301. The van der Waals surface area contributed by atoms with Crippen LogP contribution in [0.1, 0.15) is 58.4 Å². The third-order valence-corrected chi connectivity index (χ3v) is 5.35. The van der Waals surface area contributed by atoms with E-state index in [0.29, 0.717) is 34.6 Å². The minimum atomic E-state index is -0.657. The van der Waals surface area contributed by atoms with Gasteiger partial charge in [0.05, 0.1) is 35.0 Å². The fourth-order valence-corrected chi connectivity index (χ4v) is 3.83. The zero-order valence-electron chi connectivity index (χ0n) is 17.7. The first-order chi connectivity index (χ1) is 14.0. The number of fused-ring (bicyclic) bond motifs is 1. The molecule has 8 nitrogen and oxygen atoms in total. The van der Waals surface area contributed by atoms with Crippen LogP contribution in [0.25, 0.3) is 10.9 Å². The van der Waals surface area contributed by atoms with Gasteiger partial charge in [0.1, 0.15) is 11.4 Å². The molecule has 1 aromatic heterocycles. The second kappa shape index (κ2) is 8.26. The largest absolute Gasteiger partial charge is 0.469 e. The number of carbonyl (C=O) groups excluding carboxylic acids is 2. The molecule has 1 heterocycles. The van der Waals surface area contributed by atoms with Gasteiger partial charge in [-0.1, -0.05) is 17.7 Å². The molecule has 162 valence electrons. The molecule has 1 atom stereocenters. The van der Waals surface area contributed by atoms with E-state index in [1.165, 1.54) is 11.7 Å². The van der Waals surface area contributed by atoms with Crippen molar-refractivity contribution >= 4 is 34.6 Å². The van der Waals surface area contributed by atoms with Gasteiger partial charge < -0.3 is 14.8 Å². The third kappa shape index (κ3) is 4.43. The monoisotopic (exact) mass is 435 g/mol. The molecule has 1 fully saturated rings. The second-order valence-electron chi connectivity index (χ2n) is 8.49. The summed E-state index contributed by atoms with van der Waals surface area (Å²) in [6, 6.07) is 4.21. The lowest BCUT2D eigenvalue weighted by Crippen LogP contribution is -2.42. The van der Waals surface area contributed by atoms with Crippen molar-refractivity contribution in [3.8, 4) is 0 Å². The molecule has 0 radical (unpaired) electrons. The van der Waals surface area contributed by atoms with Gasteiger partial charge in [-0.15, -0.1) is 0 Å². The molecule has 0 aliphatic heterocycles. The Bertz CT molecular complexity index is 1040. The van der Waals surface area contributed by atoms with Gasteiger partial charge in [0.2, 0.25) is 0 Å². The number of alkyl carbamates (subject to hydrolysis) is 1. The van der Waals surface area contributed by atoms with Gasteiger partial charge in [0, 0.05) is 6.04 Å². The summed E-state index contributed by atoms with van der Waals surface area (Å²) in [5.41, 5.74) is -0.512. The maximum Gasteiger partial charge on any atom is 0.408 e. The summed E-state index contributed by atoms with van der Waals surface area (Å²) in [6.45, 7) is 7.04. The quantitative estimate of drug-likeness (QED) is 0.734. The Morgan fingerprint density at radius 3 is 2.57 bits per heavy atom. The molecule has 1 aliphatic carbocycles. The number of methoxy groups -OCH3 is 1. The van der Waals surface area contributed by atoms with Gasteiger partial charge in [-0.05, 0) is 52.7 Å². The molecule has 9 heteroatoms. The summed E-state index contributed by atoms with van der Waals surface area (Å²) in [5, 5.41) is 3.36. The van der Waals surface area contributed by atoms with Gasteiger partial charge in [0.25, 0.3) is 5.56 Å². The predicted octanol–water partition coefficient (Wildman–Crippen LogP) is 3.76. The number of benzene rings is 1. The highest BCUT2D eigenvalue weighted by Gasteiger charge is 2.39. The number of carbonyl (C=O) groups is 2. The van der Waals surface area contributed by atoms with E-state index in [4.69, 9.17) is 21.1 Å². The van der Waals surface area contributed by atoms with Crippen molar-refractivity contribution in [3.63, 3.8) is 0 Å². The summed E-state index contributed by atoms with van der Waals surface area (Å²) < 4.78 is 11.7. The molecular weight excluding hydrogens is 410 g/mol. The van der Waals surface area contributed by atoms with Crippen LogP contribution in [0.3, 0.4) is 0 Å². The highest BCUT2D eigenvalue weighted by Crippen LogP contribution is 2.39. The van der Waals surface area contributed by atoms with E-state index in [1.54, 1.807) is 45.9 Å². The number of esters is 1. The number of hydrogen-bond donors (Lipinski definition) is 1. The molecule has 1 saturated carbocycles. The molecule has 0 unspecified atom stereocenters. The number of hydrogen-bond acceptors (Lipinski definition) is 6. The Morgan fingerprint density at radius 1 is 1.30 bits per heavy atom. The molecule has 2 aromatic rings. The van der Waals surface area contributed by atoms with Crippen molar-refractivity contribution in [3.05, 3.63) is 39.4 Å². The molecular formula is C21H26ClN3O5. The summed E-state index contributed by atoms with van der Waals surface area (Å²) in [4.78, 5) is 42.0. The smallest absolute Gasteiger partial charge is 0.408 e. The van der Waals surface area contributed by atoms with Gasteiger partial charge in [0.15, 0.2) is 0 Å². The van der Waals surface area contributed by atoms with Crippen molar-refractivity contribution in [2.75, 3.05) is 7.11 Å². The van der Waals surface area contributed by atoms with E-state index in [1.807, 2.05) is 0 Å². The first-order valence-electron chi connectivity index (χ1n) is 9.79. The van der Waals surface area contributed by atoms with Crippen molar-refractivity contribution in [1.82, 2.24) is 14.9 Å². The van der Waals surface area contributed by atoms with Crippen LogP contribution in [-0.4, -0.2) is 34.3 Å². The number of halogens is 1. The van der Waals surface area contributed by atoms with Crippen LogP contribution < -0.4 is 10.9 Å². The average Bonchev–Trinajstić information content (AvgIpc) is 2.59. The van der Waals surface area contributed by atoms with Crippen LogP contribution in [0.4, 0.5) is 4.79 Å².